The summed E-state index contributed by atoms with van der Waals surface area (Å²) in [5, 5.41) is 17.5. The van der Waals surface area contributed by atoms with Crippen molar-refractivity contribution in [3.05, 3.63) is 10.0 Å². The standard InChI is InChI=1S/C17H29N5OS.HI/c1-6-18-16(19-9-12-21-22-15(24-12)10(2)3)20-13-11-7-8-23-14(11)17(13,4)5;/h10-11,13-14H,6-9H2,1-5H3,(H2,18,19,20);1H. The zero-order chi connectivity index (χ0) is 17.3. The summed E-state index contributed by atoms with van der Waals surface area (Å²) in [6, 6.07) is 0.406. The summed E-state index contributed by atoms with van der Waals surface area (Å²) in [4.78, 5) is 4.72. The Morgan fingerprint density at radius 2 is 2.16 bits per heavy atom. The highest BCUT2D eigenvalue weighted by Gasteiger charge is 2.59. The topological polar surface area (TPSA) is 71.4 Å². The van der Waals surface area contributed by atoms with E-state index in [4.69, 9.17) is 9.73 Å². The first kappa shape index (κ1) is 20.8. The van der Waals surface area contributed by atoms with Gasteiger partial charge in [0.05, 0.1) is 12.6 Å². The summed E-state index contributed by atoms with van der Waals surface area (Å²) in [5.41, 5.74) is 0.144. The van der Waals surface area contributed by atoms with Crippen molar-refractivity contribution in [2.24, 2.45) is 16.3 Å². The van der Waals surface area contributed by atoms with Crippen LogP contribution < -0.4 is 10.6 Å². The molecule has 0 amide bonds. The predicted molar refractivity (Wildman–Crippen MR) is 113 cm³/mol. The molecule has 1 aromatic heterocycles. The third kappa shape index (κ3) is 4.27. The molecule has 3 atom stereocenters. The molecular weight excluding hydrogens is 449 g/mol. The van der Waals surface area contributed by atoms with E-state index in [0.717, 1.165) is 35.5 Å². The molecule has 0 spiro atoms. The number of aliphatic imine (C=N–C) groups is 1. The molecule has 1 aromatic rings. The molecule has 1 saturated heterocycles. The number of ether oxygens (including phenoxy) is 1. The summed E-state index contributed by atoms with van der Waals surface area (Å²) >= 11 is 1.65. The third-order valence-electron chi connectivity index (χ3n) is 5.09. The van der Waals surface area contributed by atoms with Gasteiger partial charge in [-0.1, -0.05) is 39.0 Å². The number of halogens is 1. The van der Waals surface area contributed by atoms with Crippen LogP contribution in [-0.4, -0.2) is 41.5 Å². The smallest absolute Gasteiger partial charge is 0.191 e. The highest BCUT2D eigenvalue weighted by molar-refractivity contribution is 14.0. The van der Waals surface area contributed by atoms with Crippen molar-refractivity contribution in [2.75, 3.05) is 13.2 Å². The van der Waals surface area contributed by atoms with E-state index in [9.17, 15) is 0 Å². The van der Waals surface area contributed by atoms with Crippen molar-refractivity contribution in [1.29, 1.82) is 0 Å². The minimum Gasteiger partial charge on any atom is -0.377 e. The Kier molecular flexibility index (Phi) is 7.06. The van der Waals surface area contributed by atoms with Crippen LogP contribution in [0.15, 0.2) is 4.99 Å². The molecule has 2 fully saturated rings. The van der Waals surface area contributed by atoms with E-state index in [1.807, 2.05) is 0 Å². The Morgan fingerprint density at radius 3 is 2.80 bits per heavy atom. The third-order valence-corrected chi connectivity index (χ3v) is 6.29. The molecule has 0 aromatic carbocycles. The predicted octanol–water partition coefficient (Wildman–Crippen LogP) is 3.15. The molecule has 2 N–H and O–H groups in total. The molecule has 3 rings (SSSR count). The van der Waals surface area contributed by atoms with Crippen LogP contribution in [0.5, 0.6) is 0 Å². The van der Waals surface area contributed by atoms with Crippen LogP contribution in [0.25, 0.3) is 0 Å². The second kappa shape index (κ2) is 8.47. The van der Waals surface area contributed by atoms with E-state index in [1.54, 1.807) is 11.3 Å². The Labute approximate surface area is 171 Å². The van der Waals surface area contributed by atoms with E-state index in [2.05, 4.69) is 55.4 Å². The van der Waals surface area contributed by atoms with Crippen LogP contribution in [0.3, 0.4) is 0 Å². The summed E-state index contributed by atoms with van der Waals surface area (Å²) in [5.74, 6) is 1.88. The van der Waals surface area contributed by atoms with Gasteiger partial charge in [0.2, 0.25) is 0 Å². The molecule has 142 valence electrons. The molecule has 0 radical (unpaired) electrons. The lowest BCUT2D eigenvalue weighted by Crippen LogP contribution is -2.67. The molecule has 8 heteroatoms. The number of aromatic nitrogens is 2. The van der Waals surface area contributed by atoms with Crippen LogP contribution in [0.1, 0.15) is 57.0 Å². The summed E-state index contributed by atoms with van der Waals surface area (Å²) < 4.78 is 5.88. The number of hydrogen-bond donors (Lipinski definition) is 2. The summed E-state index contributed by atoms with van der Waals surface area (Å²) in [6.45, 7) is 13.2. The van der Waals surface area contributed by atoms with Crippen LogP contribution in [0.2, 0.25) is 0 Å². The van der Waals surface area contributed by atoms with Gasteiger partial charge in [-0.05, 0) is 13.3 Å². The maximum atomic E-state index is 5.88. The van der Waals surface area contributed by atoms with Crippen LogP contribution >= 0.6 is 35.3 Å². The number of guanidine groups is 1. The molecule has 2 heterocycles. The zero-order valence-corrected chi connectivity index (χ0v) is 18.9. The quantitative estimate of drug-likeness (QED) is 0.386. The summed E-state index contributed by atoms with van der Waals surface area (Å²) in [6.07, 6.45) is 1.52. The molecule has 25 heavy (non-hydrogen) atoms. The molecule has 6 nitrogen and oxygen atoms in total. The first-order valence-corrected chi connectivity index (χ1v) is 9.73. The highest BCUT2D eigenvalue weighted by atomic mass is 127. The molecular formula is C17H30IN5OS. The minimum atomic E-state index is 0. The average Bonchev–Trinajstić information content (AvgIpc) is 3.17. The number of fused-ring (bicyclic) bond motifs is 1. The Morgan fingerprint density at radius 1 is 1.40 bits per heavy atom. The van der Waals surface area contributed by atoms with E-state index in [-0.39, 0.29) is 29.4 Å². The molecule has 3 unspecified atom stereocenters. The van der Waals surface area contributed by atoms with Gasteiger partial charge in [-0.15, -0.1) is 34.2 Å². The zero-order valence-electron chi connectivity index (χ0n) is 15.7. The maximum Gasteiger partial charge on any atom is 0.191 e. The van der Waals surface area contributed by atoms with Crippen molar-refractivity contribution in [2.45, 2.75) is 65.6 Å². The molecule has 2 aliphatic rings. The second-order valence-corrected chi connectivity index (χ2v) is 8.66. The highest BCUT2D eigenvalue weighted by Crippen LogP contribution is 2.52. The van der Waals surface area contributed by atoms with Crippen LogP contribution in [-0.2, 0) is 11.3 Å². The lowest BCUT2D eigenvalue weighted by molar-refractivity contribution is -0.106. The lowest BCUT2D eigenvalue weighted by atomic mass is 9.57. The number of nitrogens with zero attached hydrogens (tertiary/aromatic N) is 3. The molecule has 1 aliphatic carbocycles. The number of hydrogen-bond acceptors (Lipinski definition) is 5. The van der Waals surface area contributed by atoms with Gasteiger partial charge in [0.1, 0.15) is 10.0 Å². The van der Waals surface area contributed by atoms with Crippen molar-refractivity contribution >= 4 is 41.3 Å². The van der Waals surface area contributed by atoms with Crippen LogP contribution in [0.4, 0.5) is 0 Å². The molecule has 0 bridgehead atoms. The maximum absolute atomic E-state index is 5.88. The SMILES string of the molecule is CCNC(=NCc1nnc(C(C)C)s1)NC1C2CCOC2C1(C)C.I. The fourth-order valence-electron chi connectivity index (χ4n) is 3.80. The fraction of sp³-hybridized carbons (Fsp3) is 0.824. The van der Waals surface area contributed by atoms with Crippen molar-refractivity contribution < 1.29 is 4.74 Å². The van der Waals surface area contributed by atoms with Gasteiger partial charge in [-0.25, -0.2) is 4.99 Å². The van der Waals surface area contributed by atoms with E-state index in [0.29, 0.717) is 30.5 Å². The normalized spacial score (nSPS) is 27.4. The Hall–Kier alpha value is -0.480. The van der Waals surface area contributed by atoms with Gasteiger partial charge in [0, 0.05) is 36.4 Å². The minimum absolute atomic E-state index is 0. The van der Waals surface area contributed by atoms with Gasteiger partial charge in [0.25, 0.3) is 0 Å². The van der Waals surface area contributed by atoms with Crippen molar-refractivity contribution in [3.8, 4) is 0 Å². The monoisotopic (exact) mass is 479 g/mol. The molecule has 1 aliphatic heterocycles. The van der Waals surface area contributed by atoms with Crippen molar-refractivity contribution in [3.63, 3.8) is 0 Å². The summed E-state index contributed by atoms with van der Waals surface area (Å²) in [7, 11) is 0. The first-order valence-electron chi connectivity index (χ1n) is 8.92. The van der Waals surface area contributed by atoms with Crippen LogP contribution in [0, 0.1) is 11.3 Å². The van der Waals surface area contributed by atoms with Gasteiger partial charge in [0.15, 0.2) is 5.96 Å². The molecule has 1 saturated carbocycles. The van der Waals surface area contributed by atoms with E-state index < -0.39 is 0 Å². The first-order chi connectivity index (χ1) is 11.4. The van der Waals surface area contributed by atoms with Gasteiger partial charge >= 0.3 is 0 Å². The second-order valence-electron chi connectivity index (χ2n) is 7.57. The lowest BCUT2D eigenvalue weighted by Gasteiger charge is -2.54. The van der Waals surface area contributed by atoms with E-state index in [1.165, 1.54) is 0 Å². The Balaban J connectivity index is 0.00000225. The van der Waals surface area contributed by atoms with Crippen molar-refractivity contribution in [1.82, 2.24) is 20.8 Å². The average molecular weight is 479 g/mol. The number of nitrogens with one attached hydrogen (secondary N) is 2. The fourth-order valence-corrected chi connectivity index (χ4v) is 4.56. The van der Waals surface area contributed by atoms with Gasteiger partial charge in [-0.3, -0.25) is 0 Å². The van der Waals surface area contributed by atoms with Gasteiger partial charge in [-0.2, -0.15) is 0 Å². The van der Waals surface area contributed by atoms with E-state index >= 15 is 0 Å². The Bertz CT molecular complexity index is 604. The largest absolute Gasteiger partial charge is 0.377 e. The van der Waals surface area contributed by atoms with Gasteiger partial charge < -0.3 is 15.4 Å². The number of rotatable bonds is 5.